The standard InChI is InChI=1S/C22H26N4O.C10H11F3O/c1-23-18-9-6-8-16(13-18)22-24-19-11-12-26(15-20(19)25(22)2)14-17-7-4-5-10-21(17)27-3;1-7(2)9(6-14)5-4-8(3)10(11,12)13/h4-10,13,23H,11-12,14-15H2,1-3H3;4-6H,1H2,2-3H3/b;8-4+,9-5-. The minimum atomic E-state index is -4.35. The number of benzene rings is 2. The van der Waals surface area contributed by atoms with Gasteiger partial charge in [0.2, 0.25) is 0 Å². The van der Waals surface area contributed by atoms with Gasteiger partial charge >= 0.3 is 6.18 Å². The molecule has 0 saturated heterocycles. The monoisotopic (exact) mass is 566 g/mol. The zero-order chi connectivity index (χ0) is 30.2. The van der Waals surface area contributed by atoms with Gasteiger partial charge in [-0.15, -0.1) is 0 Å². The summed E-state index contributed by atoms with van der Waals surface area (Å²) in [4.78, 5) is 17.8. The van der Waals surface area contributed by atoms with E-state index in [4.69, 9.17) is 9.72 Å². The zero-order valence-corrected chi connectivity index (χ0v) is 24.2. The van der Waals surface area contributed by atoms with Crippen LogP contribution in [0.15, 0.2) is 84.0 Å². The first kappa shape index (κ1) is 31.4. The maximum absolute atomic E-state index is 12.0. The van der Waals surface area contributed by atoms with Crippen LogP contribution in [0.25, 0.3) is 11.4 Å². The van der Waals surface area contributed by atoms with Crippen molar-refractivity contribution in [2.75, 3.05) is 26.0 Å². The molecule has 6 nitrogen and oxygen atoms in total. The molecule has 4 rings (SSSR count). The van der Waals surface area contributed by atoms with E-state index in [1.165, 1.54) is 17.0 Å². The molecule has 2 aromatic carbocycles. The van der Waals surface area contributed by atoms with Gasteiger partial charge in [0, 0.05) is 68.1 Å². The summed E-state index contributed by atoms with van der Waals surface area (Å²) < 4.78 is 43.8. The fraction of sp³-hybridized carbons (Fsp3) is 0.312. The summed E-state index contributed by atoms with van der Waals surface area (Å²) >= 11 is 0. The Labute approximate surface area is 239 Å². The van der Waals surface area contributed by atoms with Gasteiger partial charge < -0.3 is 14.6 Å². The molecular weight excluding hydrogens is 529 g/mol. The van der Waals surface area contributed by atoms with E-state index in [9.17, 15) is 18.0 Å². The number of halogens is 3. The Morgan fingerprint density at radius 3 is 2.51 bits per heavy atom. The van der Waals surface area contributed by atoms with Crippen LogP contribution in [0.2, 0.25) is 0 Å². The normalized spacial score (nSPS) is 14.0. The van der Waals surface area contributed by atoms with E-state index < -0.39 is 11.7 Å². The van der Waals surface area contributed by atoms with Crippen LogP contribution < -0.4 is 10.1 Å². The van der Waals surface area contributed by atoms with E-state index in [1.807, 2.05) is 19.2 Å². The molecule has 3 aromatic rings. The Balaban J connectivity index is 0.000000282. The Morgan fingerprint density at radius 1 is 1.15 bits per heavy atom. The summed E-state index contributed by atoms with van der Waals surface area (Å²) in [5.74, 6) is 1.99. The average molecular weight is 567 g/mol. The maximum Gasteiger partial charge on any atom is 0.412 e. The number of carbonyl (C=O) groups is 1. The number of ether oxygens (including phenoxy) is 1. The van der Waals surface area contributed by atoms with Crippen LogP contribution in [0.4, 0.5) is 18.9 Å². The van der Waals surface area contributed by atoms with Crippen LogP contribution in [0.1, 0.15) is 30.8 Å². The highest BCUT2D eigenvalue weighted by Gasteiger charge is 2.29. The molecule has 9 heteroatoms. The number of methoxy groups -OCH3 is 1. The van der Waals surface area contributed by atoms with Crippen molar-refractivity contribution < 1.29 is 22.7 Å². The molecule has 1 aliphatic rings. The molecule has 0 amide bonds. The van der Waals surface area contributed by atoms with Gasteiger partial charge in [-0.05, 0) is 37.6 Å². The number of carbonyl (C=O) groups excluding carboxylic acids is 1. The third kappa shape index (κ3) is 8.20. The summed E-state index contributed by atoms with van der Waals surface area (Å²) in [6.07, 6.45) is -0.928. The molecule has 41 heavy (non-hydrogen) atoms. The number of para-hydroxylation sites is 1. The number of allylic oxidation sites excluding steroid dienone is 5. The van der Waals surface area contributed by atoms with E-state index >= 15 is 0 Å². The fourth-order valence-corrected chi connectivity index (χ4v) is 4.41. The second kappa shape index (κ2) is 14.0. The summed E-state index contributed by atoms with van der Waals surface area (Å²) in [6, 6.07) is 16.7. The second-order valence-corrected chi connectivity index (χ2v) is 9.86. The summed E-state index contributed by atoms with van der Waals surface area (Å²) in [6.45, 7) is 8.76. The number of imidazole rings is 1. The number of aldehydes is 1. The Kier molecular flexibility index (Phi) is 10.7. The second-order valence-electron chi connectivity index (χ2n) is 9.86. The fourth-order valence-electron chi connectivity index (χ4n) is 4.41. The molecule has 0 unspecified atom stereocenters. The van der Waals surface area contributed by atoms with Crippen LogP contribution >= 0.6 is 0 Å². The first-order chi connectivity index (χ1) is 19.5. The quantitative estimate of drug-likeness (QED) is 0.183. The van der Waals surface area contributed by atoms with Crippen molar-refractivity contribution in [3.63, 3.8) is 0 Å². The topological polar surface area (TPSA) is 59.4 Å². The van der Waals surface area contributed by atoms with Crippen molar-refractivity contribution in [3.05, 3.63) is 101 Å². The van der Waals surface area contributed by atoms with Crippen LogP contribution in [-0.2, 0) is 31.4 Å². The number of anilines is 1. The summed E-state index contributed by atoms with van der Waals surface area (Å²) in [7, 11) is 5.80. The van der Waals surface area contributed by atoms with Crippen LogP contribution in [-0.4, -0.2) is 47.6 Å². The minimum Gasteiger partial charge on any atom is -0.496 e. The van der Waals surface area contributed by atoms with E-state index in [-0.39, 0.29) is 5.57 Å². The molecule has 0 saturated carbocycles. The molecular formula is C32H37F3N4O2. The van der Waals surface area contributed by atoms with Crippen molar-refractivity contribution >= 4 is 12.0 Å². The first-order valence-electron chi connectivity index (χ1n) is 13.2. The zero-order valence-electron chi connectivity index (χ0n) is 24.2. The molecule has 1 aromatic heterocycles. The molecule has 0 fully saturated rings. The SMILES string of the molecule is C=C(C)/C(C=O)=C\C=C(/C)C(F)(F)F.CNc1cccc(-c2nc3c(n2C)CN(Cc2ccccc2OC)CC3)c1. The summed E-state index contributed by atoms with van der Waals surface area (Å²) in [5, 5.41) is 3.21. The lowest BCUT2D eigenvalue weighted by Gasteiger charge is -2.27. The van der Waals surface area contributed by atoms with Gasteiger partial charge in [-0.1, -0.05) is 49.1 Å². The molecule has 1 aliphatic heterocycles. The van der Waals surface area contributed by atoms with Crippen molar-refractivity contribution in [2.45, 2.75) is 39.5 Å². The molecule has 0 bridgehead atoms. The number of rotatable bonds is 8. The van der Waals surface area contributed by atoms with Crippen molar-refractivity contribution in [1.29, 1.82) is 0 Å². The third-order valence-electron chi connectivity index (χ3n) is 6.91. The summed E-state index contributed by atoms with van der Waals surface area (Å²) in [5.41, 5.74) is 5.85. The maximum atomic E-state index is 12.0. The molecule has 1 N–H and O–H groups in total. The van der Waals surface area contributed by atoms with Crippen molar-refractivity contribution in [3.8, 4) is 17.1 Å². The number of hydrogen-bond donors (Lipinski definition) is 1. The van der Waals surface area contributed by atoms with Crippen molar-refractivity contribution in [1.82, 2.24) is 14.5 Å². The van der Waals surface area contributed by atoms with E-state index in [0.717, 1.165) is 68.0 Å². The Bertz CT molecular complexity index is 1440. The lowest BCUT2D eigenvalue weighted by Crippen LogP contribution is -2.31. The molecule has 0 atom stereocenters. The number of hydrogen-bond acceptors (Lipinski definition) is 5. The van der Waals surface area contributed by atoms with Gasteiger partial charge in [0.25, 0.3) is 0 Å². The largest absolute Gasteiger partial charge is 0.496 e. The third-order valence-corrected chi connectivity index (χ3v) is 6.91. The van der Waals surface area contributed by atoms with Gasteiger partial charge in [0.15, 0.2) is 0 Å². The highest BCUT2D eigenvalue weighted by Crippen LogP contribution is 2.29. The number of nitrogens with one attached hydrogen (secondary N) is 1. The van der Waals surface area contributed by atoms with Crippen LogP contribution in [0.3, 0.4) is 0 Å². The molecule has 0 aliphatic carbocycles. The number of nitrogens with zero attached hydrogens (tertiary/aromatic N) is 3. The van der Waals surface area contributed by atoms with Gasteiger partial charge in [-0.3, -0.25) is 9.69 Å². The van der Waals surface area contributed by atoms with Crippen molar-refractivity contribution in [2.24, 2.45) is 7.05 Å². The number of aromatic nitrogens is 2. The van der Waals surface area contributed by atoms with Gasteiger partial charge in [0.1, 0.15) is 17.9 Å². The lowest BCUT2D eigenvalue weighted by atomic mass is 10.1. The van der Waals surface area contributed by atoms with E-state index in [1.54, 1.807) is 14.0 Å². The predicted molar refractivity (Wildman–Crippen MR) is 158 cm³/mol. The minimum absolute atomic E-state index is 0.161. The average Bonchev–Trinajstić information content (AvgIpc) is 3.29. The highest BCUT2D eigenvalue weighted by molar-refractivity contribution is 5.80. The Hall–Kier alpha value is -4.11. The highest BCUT2D eigenvalue weighted by atomic mass is 19.4. The Morgan fingerprint density at radius 2 is 1.88 bits per heavy atom. The molecule has 0 spiro atoms. The molecule has 2 heterocycles. The first-order valence-corrected chi connectivity index (χ1v) is 13.2. The van der Waals surface area contributed by atoms with Gasteiger partial charge in [-0.25, -0.2) is 4.98 Å². The van der Waals surface area contributed by atoms with Crippen LogP contribution in [0, 0.1) is 0 Å². The van der Waals surface area contributed by atoms with Crippen LogP contribution in [0.5, 0.6) is 5.75 Å². The number of alkyl halides is 3. The van der Waals surface area contributed by atoms with E-state index in [2.05, 4.69) is 64.8 Å². The molecule has 218 valence electrons. The smallest absolute Gasteiger partial charge is 0.412 e. The van der Waals surface area contributed by atoms with E-state index in [0.29, 0.717) is 11.9 Å². The van der Waals surface area contributed by atoms with Gasteiger partial charge in [-0.2, -0.15) is 13.2 Å². The van der Waals surface area contributed by atoms with Gasteiger partial charge in [0.05, 0.1) is 18.5 Å². The predicted octanol–water partition coefficient (Wildman–Crippen LogP) is 6.89. The molecule has 0 radical (unpaired) electrons. The number of fused-ring (bicyclic) bond motifs is 1. The lowest BCUT2D eigenvalue weighted by molar-refractivity contribution is -0.104.